The lowest BCUT2D eigenvalue weighted by atomic mass is 9.95. The first kappa shape index (κ1) is 14.1. The minimum Gasteiger partial charge on any atom is -0.352 e. The van der Waals surface area contributed by atoms with Crippen molar-refractivity contribution in [1.82, 2.24) is 10.2 Å². The highest BCUT2D eigenvalue weighted by Gasteiger charge is 2.58. The molecule has 1 N–H and O–H groups in total. The maximum atomic E-state index is 12.7. The van der Waals surface area contributed by atoms with Crippen molar-refractivity contribution in [2.45, 2.75) is 51.5 Å². The molecule has 2 fully saturated rings. The van der Waals surface area contributed by atoms with Crippen LogP contribution < -0.4 is 5.32 Å². The van der Waals surface area contributed by atoms with E-state index >= 15 is 0 Å². The van der Waals surface area contributed by atoms with E-state index in [0.29, 0.717) is 25.4 Å². The molecule has 19 heavy (non-hydrogen) atoms. The van der Waals surface area contributed by atoms with Gasteiger partial charge in [0.05, 0.1) is 0 Å². The van der Waals surface area contributed by atoms with Gasteiger partial charge in [0.15, 0.2) is 0 Å². The lowest BCUT2D eigenvalue weighted by Crippen LogP contribution is -2.50. The number of nitrogens with one attached hydrogen (secondary N) is 1. The van der Waals surface area contributed by atoms with Crippen molar-refractivity contribution in [3.63, 3.8) is 0 Å². The van der Waals surface area contributed by atoms with Crippen molar-refractivity contribution in [2.75, 3.05) is 13.1 Å². The second-order valence-corrected chi connectivity index (χ2v) is 5.64. The zero-order valence-corrected chi connectivity index (χ0v) is 11.8. The summed E-state index contributed by atoms with van der Waals surface area (Å²) in [5.41, 5.74) is -0.756. The third-order valence-corrected chi connectivity index (χ3v) is 4.36. The fourth-order valence-electron chi connectivity index (χ4n) is 2.96. The van der Waals surface area contributed by atoms with Crippen LogP contribution in [0.25, 0.3) is 0 Å². The molecule has 2 aliphatic rings. The van der Waals surface area contributed by atoms with Crippen molar-refractivity contribution < 1.29 is 9.59 Å². The lowest BCUT2D eigenvalue weighted by molar-refractivity contribution is -0.147. The number of likely N-dealkylation sites (tertiary alicyclic amines) is 1. The molecule has 1 saturated carbocycles. The molecule has 2 rings (SSSR count). The summed E-state index contributed by atoms with van der Waals surface area (Å²) in [6, 6.07) is 0.325. The van der Waals surface area contributed by atoms with Crippen LogP contribution in [0.3, 0.4) is 0 Å². The van der Waals surface area contributed by atoms with Crippen LogP contribution in [-0.2, 0) is 9.59 Å². The molecule has 1 saturated heterocycles. The Hall–Kier alpha value is -1.32. The van der Waals surface area contributed by atoms with Crippen LogP contribution in [0.5, 0.6) is 0 Å². The molecule has 0 bridgehead atoms. The third kappa shape index (κ3) is 2.67. The number of rotatable bonds is 5. The van der Waals surface area contributed by atoms with E-state index in [-0.39, 0.29) is 11.8 Å². The maximum Gasteiger partial charge on any atom is 0.238 e. The fourth-order valence-corrected chi connectivity index (χ4v) is 2.96. The molecule has 1 unspecified atom stereocenters. The minimum absolute atomic E-state index is 0.0561. The molecular weight excluding hydrogens is 240 g/mol. The average Bonchev–Trinajstić information content (AvgIpc) is 3.25. The second-order valence-electron chi connectivity index (χ2n) is 5.64. The lowest BCUT2D eigenvalue weighted by Gasteiger charge is -2.37. The van der Waals surface area contributed by atoms with E-state index in [1.54, 1.807) is 6.08 Å². The molecule has 0 aromatic carbocycles. The van der Waals surface area contributed by atoms with Crippen LogP contribution in [0.15, 0.2) is 12.7 Å². The predicted molar refractivity (Wildman–Crippen MR) is 74.5 cm³/mol. The quantitative estimate of drug-likeness (QED) is 0.608. The molecule has 4 nitrogen and oxygen atoms in total. The number of amides is 2. The van der Waals surface area contributed by atoms with Gasteiger partial charge in [0.1, 0.15) is 5.41 Å². The van der Waals surface area contributed by atoms with E-state index in [1.165, 1.54) is 6.42 Å². The summed E-state index contributed by atoms with van der Waals surface area (Å²) < 4.78 is 0. The summed E-state index contributed by atoms with van der Waals surface area (Å²) >= 11 is 0. The molecule has 0 spiro atoms. The summed E-state index contributed by atoms with van der Waals surface area (Å²) in [7, 11) is 0. The molecule has 1 aliphatic carbocycles. The van der Waals surface area contributed by atoms with Crippen molar-refractivity contribution in [2.24, 2.45) is 5.41 Å². The van der Waals surface area contributed by atoms with Gasteiger partial charge in [-0.05, 0) is 38.5 Å². The third-order valence-electron chi connectivity index (χ3n) is 4.36. The monoisotopic (exact) mass is 264 g/mol. The largest absolute Gasteiger partial charge is 0.352 e. The predicted octanol–water partition coefficient (Wildman–Crippen LogP) is 1.86. The SMILES string of the molecule is C=CCNC(=O)C1(C(=O)N2CCCCC2CC)CC1. The van der Waals surface area contributed by atoms with Crippen LogP contribution in [0.4, 0.5) is 0 Å². The van der Waals surface area contributed by atoms with Crippen LogP contribution in [-0.4, -0.2) is 35.8 Å². The van der Waals surface area contributed by atoms with Crippen molar-refractivity contribution >= 4 is 11.8 Å². The summed E-state index contributed by atoms with van der Waals surface area (Å²) in [6.45, 7) is 6.95. The van der Waals surface area contributed by atoms with Gasteiger partial charge in [-0.2, -0.15) is 0 Å². The smallest absolute Gasteiger partial charge is 0.238 e. The fraction of sp³-hybridized carbons (Fsp3) is 0.733. The van der Waals surface area contributed by atoms with E-state index in [4.69, 9.17) is 0 Å². The molecule has 4 heteroatoms. The van der Waals surface area contributed by atoms with Gasteiger partial charge in [-0.1, -0.05) is 13.0 Å². The molecule has 1 aliphatic heterocycles. The Morgan fingerprint density at radius 3 is 2.74 bits per heavy atom. The van der Waals surface area contributed by atoms with Crippen LogP contribution in [0.2, 0.25) is 0 Å². The van der Waals surface area contributed by atoms with Crippen molar-refractivity contribution in [1.29, 1.82) is 0 Å². The number of carbonyl (C=O) groups is 2. The van der Waals surface area contributed by atoms with Crippen LogP contribution in [0, 0.1) is 5.41 Å². The van der Waals surface area contributed by atoms with Crippen molar-refractivity contribution in [3.8, 4) is 0 Å². The van der Waals surface area contributed by atoms with E-state index in [2.05, 4.69) is 18.8 Å². The molecule has 0 radical (unpaired) electrons. The van der Waals surface area contributed by atoms with E-state index in [9.17, 15) is 9.59 Å². The summed E-state index contributed by atoms with van der Waals surface area (Å²) in [4.78, 5) is 26.8. The first-order valence-corrected chi connectivity index (χ1v) is 7.36. The van der Waals surface area contributed by atoms with E-state index in [0.717, 1.165) is 25.8 Å². The number of nitrogens with zero attached hydrogens (tertiary/aromatic N) is 1. The molecule has 2 amide bonds. The van der Waals surface area contributed by atoms with Crippen LogP contribution >= 0.6 is 0 Å². The van der Waals surface area contributed by atoms with E-state index < -0.39 is 5.41 Å². The van der Waals surface area contributed by atoms with Gasteiger partial charge >= 0.3 is 0 Å². The van der Waals surface area contributed by atoms with Gasteiger partial charge in [0.2, 0.25) is 11.8 Å². The Balaban J connectivity index is 2.05. The van der Waals surface area contributed by atoms with Gasteiger partial charge in [0, 0.05) is 19.1 Å². The second kappa shape index (κ2) is 5.76. The first-order valence-electron chi connectivity index (χ1n) is 7.36. The van der Waals surface area contributed by atoms with Gasteiger partial charge in [-0.25, -0.2) is 0 Å². The Morgan fingerprint density at radius 2 is 2.16 bits per heavy atom. The zero-order valence-electron chi connectivity index (χ0n) is 11.8. The van der Waals surface area contributed by atoms with Crippen LogP contribution in [0.1, 0.15) is 45.4 Å². The molecule has 0 aromatic heterocycles. The van der Waals surface area contributed by atoms with Crippen molar-refractivity contribution in [3.05, 3.63) is 12.7 Å². The van der Waals surface area contributed by atoms with Gasteiger partial charge in [0.25, 0.3) is 0 Å². The molecular formula is C15H24N2O2. The normalized spacial score (nSPS) is 24.7. The highest BCUT2D eigenvalue weighted by molar-refractivity contribution is 6.08. The Bertz CT molecular complexity index is 374. The highest BCUT2D eigenvalue weighted by atomic mass is 16.2. The summed E-state index contributed by atoms with van der Waals surface area (Å²) in [5.74, 6) is -0.0570. The minimum atomic E-state index is -0.756. The number of hydrogen-bond donors (Lipinski definition) is 1. The Morgan fingerprint density at radius 1 is 1.42 bits per heavy atom. The zero-order chi connectivity index (χ0) is 13.9. The Kier molecular flexibility index (Phi) is 4.27. The van der Waals surface area contributed by atoms with Gasteiger partial charge in [-0.15, -0.1) is 6.58 Å². The molecule has 1 heterocycles. The Labute approximate surface area is 115 Å². The number of piperidine rings is 1. The molecule has 0 aromatic rings. The van der Waals surface area contributed by atoms with Gasteiger partial charge < -0.3 is 10.2 Å². The molecule has 106 valence electrons. The average molecular weight is 264 g/mol. The topological polar surface area (TPSA) is 49.4 Å². The summed E-state index contributed by atoms with van der Waals surface area (Å²) in [6.07, 6.45) is 7.35. The number of hydrogen-bond acceptors (Lipinski definition) is 2. The van der Waals surface area contributed by atoms with E-state index in [1.807, 2.05) is 4.90 Å². The summed E-state index contributed by atoms with van der Waals surface area (Å²) in [5, 5.41) is 2.78. The first-order chi connectivity index (χ1) is 9.15. The standard InChI is InChI=1S/C15H24N2O2/c1-3-10-16-13(18)15(8-9-15)14(19)17-11-6-5-7-12(17)4-2/h3,12H,1,4-11H2,2H3,(H,16,18). The van der Waals surface area contributed by atoms with Gasteiger partial charge in [-0.3, -0.25) is 9.59 Å². The molecule has 1 atom stereocenters. The maximum absolute atomic E-state index is 12.7. The number of carbonyl (C=O) groups excluding carboxylic acids is 2. The highest BCUT2D eigenvalue weighted by Crippen LogP contribution is 2.48.